The Morgan fingerprint density at radius 1 is 1.53 bits per heavy atom. The highest BCUT2D eigenvalue weighted by molar-refractivity contribution is 9.10. The summed E-state index contributed by atoms with van der Waals surface area (Å²) in [6, 6.07) is 8.29. The summed E-state index contributed by atoms with van der Waals surface area (Å²) in [4.78, 5) is 2.19. The van der Waals surface area contributed by atoms with E-state index in [1.165, 1.54) is 0 Å². The van der Waals surface area contributed by atoms with Gasteiger partial charge in [-0.15, -0.1) is 0 Å². The van der Waals surface area contributed by atoms with Gasteiger partial charge in [0.15, 0.2) is 0 Å². The van der Waals surface area contributed by atoms with Crippen LogP contribution >= 0.6 is 15.9 Å². The van der Waals surface area contributed by atoms with E-state index in [-0.39, 0.29) is 6.04 Å². The van der Waals surface area contributed by atoms with Crippen LogP contribution in [-0.4, -0.2) is 13.1 Å². The minimum atomic E-state index is -0.00534. The number of benzene rings is 1. The van der Waals surface area contributed by atoms with Crippen molar-refractivity contribution in [1.29, 1.82) is 5.26 Å². The second-order valence-electron chi connectivity index (χ2n) is 3.98. The molecule has 1 aromatic carbocycles. The molecule has 1 unspecified atom stereocenters. The molecule has 17 heavy (non-hydrogen) atoms. The minimum Gasteiger partial charge on any atom is -0.370 e. The first kappa shape index (κ1) is 14.0. The van der Waals surface area contributed by atoms with Crippen molar-refractivity contribution in [3.8, 4) is 6.07 Å². The van der Waals surface area contributed by atoms with Crippen molar-refractivity contribution in [3.63, 3.8) is 0 Å². The van der Waals surface area contributed by atoms with Crippen LogP contribution in [0.3, 0.4) is 0 Å². The summed E-state index contributed by atoms with van der Waals surface area (Å²) in [5, 5.41) is 8.68. The van der Waals surface area contributed by atoms with E-state index in [2.05, 4.69) is 39.9 Å². The van der Waals surface area contributed by atoms with E-state index < -0.39 is 0 Å². The van der Waals surface area contributed by atoms with Gasteiger partial charge in [-0.05, 0) is 31.5 Å². The van der Waals surface area contributed by atoms with E-state index in [4.69, 9.17) is 11.0 Å². The molecule has 0 aliphatic heterocycles. The van der Waals surface area contributed by atoms with Gasteiger partial charge in [0.1, 0.15) is 0 Å². The molecule has 0 spiro atoms. The molecule has 0 aliphatic rings. The zero-order chi connectivity index (χ0) is 12.8. The second kappa shape index (κ2) is 6.63. The Hall–Kier alpha value is -1.05. The molecule has 0 saturated carbocycles. The van der Waals surface area contributed by atoms with Crippen LogP contribution in [0.2, 0.25) is 0 Å². The van der Waals surface area contributed by atoms with E-state index in [0.717, 1.165) is 28.8 Å². The van der Waals surface area contributed by atoms with Gasteiger partial charge in [0.05, 0.1) is 12.5 Å². The lowest BCUT2D eigenvalue weighted by Crippen LogP contribution is -2.26. The standard InChI is InChI=1S/C13H18BrN3/c1-3-17(8-4-7-15)13-9-11(14)5-6-12(13)10(2)16/h5-6,9-10H,3-4,8,16H2,1-2H3. The highest BCUT2D eigenvalue weighted by atomic mass is 79.9. The molecule has 92 valence electrons. The van der Waals surface area contributed by atoms with Crippen LogP contribution in [0.15, 0.2) is 22.7 Å². The summed E-state index contributed by atoms with van der Waals surface area (Å²) in [7, 11) is 0. The maximum absolute atomic E-state index is 8.68. The Balaban J connectivity index is 3.07. The fourth-order valence-corrected chi connectivity index (χ4v) is 2.16. The number of hydrogen-bond donors (Lipinski definition) is 1. The Bertz CT molecular complexity index is 410. The Kier molecular flexibility index (Phi) is 5.46. The summed E-state index contributed by atoms with van der Waals surface area (Å²) >= 11 is 3.48. The van der Waals surface area contributed by atoms with Gasteiger partial charge >= 0.3 is 0 Å². The highest BCUT2D eigenvalue weighted by Crippen LogP contribution is 2.28. The van der Waals surface area contributed by atoms with Crippen molar-refractivity contribution in [1.82, 2.24) is 0 Å². The van der Waals surface area contributed by atoms with Gasteiger partial charge in [-0.25, -0.2) is 0 Å². The molecule has 1 aromatic rings. The van der Waals surface area contributed by atoms with Crippen molar-refractivity contribution >= 4 is 21.6 Å². The van der Waals surface area contributed by atoms with Gasteiger partial charge in [-0.3, -0.25) is 0 Å². The van der Waals surface area contributed by atoms with Crippen molar-refractivity contribution in [2.24, 2.45) is 5.73 Å². The maximum atomic E-state index is 8.68. The van der Waals surface area contributed by atoms with E-state index in [9.17, 15) is 0 Å². The van der Waals surface area contributed by atoms with Crippen molar-refractivity contribution in [2.45, 2.75) is 26.3 Å². The van der Waals surface area contributed by atoms with Crippen LogP contribution in [-0.2, 0) is 0 Å². The van der Waals surface area contributed by atoms with Crippen LogP contribution < -0.4 is 10.6 Å². The van der Waals surface area contributed by atoms with E-state index in [1.807, 2.05) is 19.1 Å². The first-order valence-corrected chi connectivity index (χ1v) is 6.56. The van der Waals surface area contributed by atoms with Crippen LogP contribution in [0, 0.1) is 11.3 Å². The van der Waals surface area contributed by atoms with E-state index in [0.29, 0.717) is 6.42 Å². The Morgan fingerprint density at radius 3 is 2.76 bits per heavy atom. The van der Waals surface area contributed by atoms with Gasteiger partial charge in [0, 0.05) is 29.3 Å². The van der Waals surface area contributed by atoms with Gasteiger partial charge in [-0.2, -0.15) is 5.26 Å². The van der Waals surface area contributed by atoms with Crippen molar-refractivity contribution in [3.05, 3.63) is 28.2 Å². The summed E-state index contributed by atoms with van der Waals surface area (Å²) in [5.41, 5.74) is 8.21. The highest BCUT2D eigenvalue weighted by Gasteiger charge is 2.12. The molecule has 0 saturated heterocycles. The Morgan fingerprint density at radius 2 is 2.24 bits per heavy atom. The third-order valence-electron chi connectivity index (χ3n) is 2.70. The molecule has 1 atom stereocenters. The monoisotopic (exact) mass is 295 g/mol. The predicted molar refractivity (Wildman–Crippen MR) is 74.9 cm³/mol. The first-order chi connectivity index (χ1) is 8.10. The van der Waals surface area contributed by atoms with Gasteiger partial charge in [0.25, 0.3) is 0 Å². The number of nitriles is 1. The van der Waals surface area contributed by atoms with Crippen molar-refractivity contribution in [2.75, 3.05) is 18.0 Å². The van der Waals surface area contributed by atoms with Gasteiger partial charge in [-0.1, -0.05) is 22.0 Å². The summed E-state index contributed by atoms with van der Waals surface area (Å²) in [5.74, 6) is 0. The molecular formula is C13H18BrN3. The van der Waals surface area contributed by atoms with Gasteiger partial charge < -0.3 is 10.6 Å². The molecule has 0 amide bonds. The number of anilines is 1. The largest absolute Gasteiger partial charge is 0.370 e. The predicted octanol–water partition coefficient (Wildman–Crippen LogP) is 3.21. The molecule has 0 heterocycles. The molecular weight excluding hydrogens is 278 g/mol. The van der Waals surface area contributed by atoms with Crippen LogP contribution in [0.4, 0.5) is 5.69 Å². The number of nitrogens with zero attached hydrogens (tertiary/aromatic N) is 2. The first-order valence-electron chi connectivity index (χ1n) is 5.77. The van der Waals surface area contributed by atoms with Crippen molar-refractivity contribution < 1.29 is 0 Å². The number of hydrogen-bond acceptors (Lipinski definition) is 3. The lowest BCUT2D eigenvalue weighted by atomic mass is 10.1. The molecule has 2 N–H and O–H groups in total. The quantitative estimate of drug-likeness (QED) is 0.907. The summed E-state index contributed by atoms with van der Waals surface area (Å²) < 4.78 is 1.03. The van der Waals surface area contributed by atoms with E-state index >= 15 is 0 Å². The van der Waals surface area contributed by atoms with Crippen LogP contribution in [0.25, 0.3) is 0 Å². The lowest BCUT2D eigenvalue weighted by Gasteiger charge is -2.26. The fraction of sp³-hybridized carbons (Fsp3) is 0.462. The topological polar surface area (TPSA) is 53.0 Å². The molecule has 0 fully saturated rings. The summed E-state index contributed by atoms with van der Waals surface area (Å²) in [6.07, 6.45) is 0.527. The number of nitrogens with two attached hydrogens (primary N) is 1. The minimum absolute atomic E-state index is 0.00534. The zero-order valence-electron chi connectivity index (χ0n) is 10.3. The SMILES string of the molecule is CCN(CCC#N)c1cc(Br)ccc1C(C)N. The zero-order valence-corrected chi connectivity index (χ0v) is 11.9. The molecule has 0 radical (unpaired) electrons. The fourth-order valence-electron chi connectivity index (χ4n) is 1.81. The van der Waals surface area contributed by atoms with Crippen LogP contribution in [0.5, 0.6) is 0 Å². The number of halogens is 1. The molecule has 0 bridgehead atoms. The molecule has 0 aromatic heterocycles. The smallest absolute Gasteiger partial charge is 0.0640 e. The normalized spacial score (nSPS) is 11.9. The summed E-state index contributed by atoms with van der Waals surface area (Å²) in [6.45, 7) is 5.68. The lowest BCUT2D eigenvalue weighted by molar-refractivity contribution is 0.777. The second-order valence-corrected chi connectivity index (χ2v) is 4.90. The Labute approximate surface area is 111 Å². The molecule has 4 heteroatoms. The average Bonchev–Trinajstić information content (AvgIpc) is 2.29. The number of rotatable bonds is 5. The van der Waals surface area contributed by atoms with Gasteiger partial charge in [0.2, 0.25) is 0 Å². The average molecular weight is 296 g/mol. The molecule has 1 rings (SSSR count). The molecule has 3 nitrogen and oxygen atoms in total. The molecule has 0 aliphatic carbocycles. The maximum Gasteiger partial charge on any atom is 0.0640 e. The third kappa shape index (κ3) is 3.72. The third-order valence-corrected chi connectivity index (χ3v) is 3.19. The van der Waals surface area contributed by atoms with E-state index in [1.54, 1.807) is 0 Å². The van der Waals surface area contributed by atoms with Crippen LogP contribution in [0.1, 0.15) is 31.9 Å².